The second-order valence-corrected chi connectivity index (χ2v) is 4.25. The van der Waals surface area contributed by atoms with Crippen molar-refractivity contribution in [1.82, 2.24) is 0 Å². The summed E-state index contributed by atoms with van der Waals surface area (Å²) in [7, 11) is 0. The topological polar surface area (TPSA) is 74.6 Å². The smallest absolute Gasteiger partial charge is 0.303 e. The molecule has 0 saturated carbocycles. The van der Waals surface area contributed by atoms with Gasteiger partial charge in [-0.2, -0.15) is 0 Å². The highest BCUT2D eigenvalue weighted by atomic mass is 35.5. The number of phenolic OH excluding ortho intramolecular Hbond substituents is 1. The highest BCUT2D eigenvalue weighted by Crippen LogP contribution is 2.32. The van der Waals surface area contributed by atoms with E-state index >= 15 is 0 Å². The van der Waals surface area contributed by atoms with Crippen LogP contribution in [0.15, 0.2) is 6.07 Å². The molecular weight excluding hydrogens is 244 g/mol. The molecule has 5 heteroatoms. The molecule has 1 aromatic rings. The van der Waals surface area contributed by atoms with Crippen molar-refractivity contribution in [1.29, 1.82) is 0 Å². The van der Waals surface area contributed by atoms with Crippen molar-refractivity contribution in [2.24, 2.45) is 0 Å². The lowest BCUT2D eigenvalue weighted by Crippen LogP contribution is -2.07. The van der Waals surface area contributed by atoms with Crippen molar-refractivity contribution in [2.45, 2.75) is 26.7 Å². The van der Waals surface area contributed by atoms with Gasteiger partial charge in [0.15, 0.2) is 5.78 Å². The van der Waals surface area contributed by atoms with E-state index in [1.54, 1.807) is 19.9 Å². The van der Waals surface area contributed by atoms with Crippen LogP contribution in [0.4, 0.5) is 0 Å². The van der Waals surface area contributed by atoms with Gasteiger partial charge in [0.05, 0.1) is 12.0 Å². The first kappa shape index (κ1) is 13.5. The number of carboxylic acid groups (broad SMARTS) is 1. The molecule has 0 spiro atoms. The first-order valence-corrected chi connectivity index (χ1v) is 5.46. The highest BCUT2D eigenvalue weighted by Gasteiger charge is 2.19. The Kier molecular flexibility index (Phi) is 4.12. The van der Waals surface area contributed by atoms with Gasteiger partial charge >= 0.3 is 5.97 Å². The van der Waals surface area contributed by atoms with Crippen LogP contribution >= 0.6 is 11.6 Å². The minimum absolute atomic E-state index is 0.122. The van der Waals surface area contributed by atoms with Crippen molar-refractivity contribution in [3.63, 3.8) is 0 Å². The number of aryl methyl sites for hydroxylation is 1. The van der Waals surface area contributed by atoms with Crippen LogP contribution < -0.4 is 0 Å². The van der Waals surface area contributed by atoms with Crippen molar-refractivity contribution in [2.75, 3.05) is 0 Å². The van der Waals surface area contributed by atoms with Gasteiger partial charge in [0.25, 0.3) is 0 Å². The standard InChI is InChI=1S/C12H13ClO4/c1-6-5-8(13)7(2)11(12(6)17)9(14)3-4-10(15)16/h5,17H,3-4H2,1-2H3,(H,15,16). The van der Waals surface area contributed by atoms with E-state index in [2.05, 4.69) is 0 Å². The summed E-state index contributed by atoms with van der Waals surface area (Å²) in [5, 5.41) is 18.7. The fraction of sp³-hybridized carbons (Fsp3) is 0.333. The number of benzene rings is 1. The zero-order chi connectivity index (χ0) is 13.2. The number of aliphatic carboxylic acids is 1. The third-order valence-corrected chi connectivity index (χ3v) is 2.92. The molecule has 0 aliphatic heterocycles. The number of carbonyl (C=O) groups excluding carboxylic acids is 1. The van der Waals surface area contributed by atoms with Gasteiger partial charge in [0, 0.05) is 11.4 Å². The van der Waals surface area contributed by atoms with Gasteiger partial charge in [-0.15, -0.1) is 0 Å². The maximum Gasteiger partial charge on any atom is 0.303 e. The summed E-state index contributed by atoms with van der Waals surface area (Å²) in [6.07, 6.45) is -0.410. The van der Waals surface area contributed by atoms with Crippen molar-refractivity contribution >= 4 is 23.4 Å². The lowest BCUT2D eigenvalue weighted by atomic mass is 9.97. The molecule has 17 heavy (non-hydrogen) atoms. The summed E-state index contributed by atoms with van der Waals surface area (Å²) in [5.74, 6) is -1.58. The fourth-order valence-electron chi connectivity index (χ4n) is 1.55. The predicted molar refractivity (Wildman–Crippen MR) is 63.8 cm³/mol. The number of aromatic hydroxyl groups is 1. The Morgan fingerprint density at radius 3 is 2.41 bits per heavy atom. The third-order valence-electron chi connectivity index (χ3n) is 2.53. The molecule has 0 fully saturated rings. The number of phenols is 1. The van der Waals surface area contributed by atoms with Gasteiger partial charge in [-0.05, 0) is 31.0 Å². The summed E-state index contributed by atoms with van der Waals surface area (Å²) in [6, 6.07) is 1.57. The van der Waals surface area contributed by atoms with E-state index in [9.17, 15) is 14.7 Å². The minimum Gasteiger partial charge on any atom is -0.507 e. The molecule has 2 N–H and O–H groups in total. The zero-order valence-electron chi connectivity index (χ0n) is 9.58. The van der Waals surface area contributed by atoms with Crippen LogP contribution in [0.3, 0.4) is 0 Å². The van der Waals surface area contributed by atoms with Crippen LogP contribution in [-0.2, 0) is 4.79 Å². The van der Waals surface area contributed by atoms with Gasteiger partial charge in [0.1, 0.15) is 5.75 Å². The maximum atomic E-state index is 11.8. The molecule has 0 amide bonds. The van der Waals surface area contributed by atoms with Crippen LogP contribution in [0.25, 0.3) is 0 Å². The Bertz CT molecular complexity index is 454. The second-order valence-electron chi connectivity index (χ2n) is 3.84. The Hall–Kier alpha value is -1.55. The van der Waals surface area contributed by atoms with Crippen LogP contribution in [0, 0.1) is 13.8 Å². The van der Waals surface area contributed by atoms with Gasteiger partial charge in [0.2, 0.25) is 0 Å². The minimum atomic E-state index is -1.05. The highest BCUT2D eigenvalue weighted by molar-refractivity contribution is 6.32. The molecule has 1 aromatic carbocycles. The monoisotopic (exact) mass is 256 g/mol. The molecule has 4 nitrogen and oxygen atoms in total. The number of halogens is 1. The van der Waals surface area contributed by atoms with E-state index in [1.165, 1.54) is 0 Å². The van der Waals surface area contributed by atoms with E-state index in [1.807, 2.05) is 0 Å². The molecule has 0 radical (unpaired) electrons. The normalized spacial score (nSPS) is 10.3. The number of rotatable bonds is 4. The summed E-state index contributed by atoms with van der Waals surface area (Å²) < 4.78 is 0. The number of carbonyl (C=O) groups is 2. The Morgan fingerprint density at radius 2 is 1.88 bits per heavy atom. The molecule has 0 aliphatic rings. The van der Waals surface area contributed by atoms with Gasteiger partial charge in [-0.25, -0.2) is 0 Å². The van der Waals surface area contributed by atoms with Crippen molar-refractivity contribution < 1.29 is 19.8 Å². The van der Waals surface area contributed by atoms with Gasteiger partial charge in [-0.3, -0.25) is 9.59 Å². The average Bonchev–Trinajstić information content (AvgIpc) is 2.24. The second kappa shape index (κ2) is 5.19. The van der Waals surface area contributed by atoms with Crippen LogP contribution in [0.5, 0.6) is 5.75 Å². The maximum absolute atomic E-state index is 11.8. The van der Waals surface area contributed by atoms with E-state index in [4.69, 9.17) is 16.7 Å². The van der Waals surface area contributed by atoms with E-state index in [0.717, 1.165) is 0 Å². The average molecular weight is 257 g/mol. The SMILES string of the molecule is Cc1cc(Cl)c(C)c(C(=O)CCC(=O)O)c1O. The van der Waals surface area contributed by atoms with Gasteiger partial charge in [-0.1, -0.05) is 11.6 Å². The molecule has 0 saturated heterocycles. The summed E-state index contributed by atoms with van der Waals surface area (Å²) in [4.78, 5) is 22.2. The summed E-state index contributed by atoms with van der Waals surface area (Å²) in [6.45, 7) is 3.25. The zero-order valence-corrected chi connectivity index (χ0v) is 10.3. The first-order chi connectivity index (χ1) is 7.84. The lowest BCUT2D eigenvalue weighted by Gasteiger charge is -2.11. The summed E-state index contributed by atoms with van der Waals surface area (Å²) in [5.41, 5.74) is 1.10. The molecule has 0 aromatic heterocycles. The first-order valence-electron chi connectivity index (χ1n) is 5.08. The molecule has 92 valence electrons. The quantitative estimate of drug-likeness (QED) is 0.813. The third kappa shape index (κ3) is 2.97. The largest absolute Gasteiger partial charge is 0.507 e. The Labute approximate surface area is 104 Å². The van der Waals surface area contributed by atoms with E-state index in [-0.39, 0.29) is 24.2 Å². The molecular formula is C12H13ClO4. The summed E-state index contributed by atoms with van der Waals surface area (Å²) >= 11 is 5.92. The van der Waals surface area contributed by atoms with Crippen LogP contribution in [0.2, 0.25) is 5.02 Å². The van der Waals surface area contributed by atoms with Crippen LogP contribution in [0.1, 0.15) is 34.3 Å². The number of Topliss-reactive ketones (excluding diaryl/α,β-unsaturated/α-hetero) is 1. The number of hydrogen-bond acceptors (Lipinski definition) is 3. The van der Waals surface area contributed by atoms with Gasteiger partial charge < -0.3 is 10.2 Å². The van der Waals surface area contributed by atoms with Crippen molar-refractivity contribution in [3.8, 4) is 5.75 Å². The van der Waals surface area contributed by atoms with E-state index < -0.39 is 11.8 Å². The van der Waals surface area contributed by atoms with E-state index in [0.29, 0.717) is 16.1 Å². The Balaban J connectivity index is 3.12. The fourth-order valence-corrected chi connectivity index (χ4v) is 1.81. The number of carboxylic acids is 1. The molecule has 0 heterocycles. The molecule has 0 atom stereocenters. The van der Waals surface area contributed by atoms with Crippen molar-refractivity contribution in [3.05, 3.63) is 27.8 Å². The lowest BCUT2D eigenvalue weighted by molar-refractivity contribution is -0.136. The molecule has 0 unspecified atom stereocenters. The number of hydrogen-bond donors (Lipinski definition) is 2. The predicted octanol–water partition coefficient (Wildman–Crippen LogP) is 2.71. The molecule has 0 bridgehead atoms. The molecule has 1 rings (SSSR count). The van der Waals surface area contributed by atoms with Crippen LogP contribution in [-0.4, -0.2) is 22.0 Å². The molecule has 0 aliphatic carbocycles. The Morgan fingerprint density at radius 1 is 1.29 bits per heavy atom. The number of ketones is 1.